The third kappa shape index (κ3) is 3.96. The molecule has 7 heteroatoms. The number of nitrogen functional groups attached to an aromatic ring is 1. The van der Waals surface area contributed by atoms with Gasteiger partial charge in [0.05, 0.1) is 11.4 Å². The van der Waals surface area contributed by atoms with Gasteiger partial charge in [0.1, 0.15) is 11.8 Å². The van der Waals surface area contributed by atoms with Crippen molar-refractivity contribution in [2.24, 2.45) is 5.73 Å². The molecule has 0 aliphatic carbocycles. The molecule has 0 spiro atoms. The van der Waals surface area contributed by atoms with Crippen LogP contribution in [-0.4, -0.2) is 32.2 Å². The smallest absolute Gasteiger partial charge is 0.320 e. The Morgan fingerprint density at radius 1 is 1.00 bits per heavy atom. The highest BCUT2D eigenvalue weighted by atomic mass is 16.4. The number of carboxylic acid groups (broad SMARTS) is 1. The molecule has 26 heavy (non-hydrogen) atoms. The van der Waals surface area contributed by atoms with Gasteiger partial charge in [-0.3, -0.25) is 4.79 Å². The van der Waals surface area contributed by atoms with Crippen molar-refractivity contribution in [3.63, 3.8) is 0 Å². The zero-order valence-corrected chi connectivity index (χ0v) is 13.8. The molecule has 0 amide bonds. The summed E-state index contributed by atoms with van der Waals surface area (Å²) in [5.41, 5.74) is 15.0. The Morgan fingerprint density at radius 2 is 1.65 bits per heavy atom. The van der Waals surface area contributed by atoms with E-state index in [2.05, 4.69) is 9.97 Å². The van der Waals surface area contributed by atoms with Crippen LogP contribution in [0.5, 0.6) is 5.75 Å². The maximum atomic E-state index is 10.9. The number of rotatable bonds is 5. The molecule has 1 aromatic heterocycles. The highest BCUT2D eigenvalue weighted by Crippen LogP contribution is 2.26. The number of phenolic OH excluding ortho intramolecular Hbond substituents is 1. The summed E-state index contributed by atoms with van der Waals surface area (Å²) < 4.78 is 0. The minimum absolute atomic E-state index is 0.123. The summed E-state index contributed by atoms with van der Waals surface area (Å²) in [5.74, 6) is -0.772. The lowest BCUT2D eigenvalue weighted by atomic mass is 10.0. The standard InChI is InChI=1S/C19H18N4O3/c20-15(18(25)26)8-11-4-6-12(7-5-11)16-10-17(23-19(21)22-16)13-2-1-3-14(24)9-13/h1-7,9-10,15,24H,8,20H2,(H,25,26)(H2,21,22,23). The van der Waals surface area contributed by atoms with Crippen molar-refractivity contribution < 1.29 is 15.0 Å². The molecule has 3 aromatic rings. The van der Waals surface area contributed by atoms with E-state index in [0.717, 1.165) is 16.7 Å². The first-order chi connectivity index (χ1) is 12.4. The van der Waals surface area contributed by atoms with Gasteiger partial charge in [-0.15, -0.1) is 0 Å². The molecule has 0 saturated heterocycles. The van der Waals surface area contributed by atoms with E-state index in [1.807, 2.05) is 30.3 Å². The number of aromatic hydroxyl groups is 1. The van der Waals surface area contributed by atoms with E-state index < -0.39 is 12.0 Å². The van der Waals surface area contributed by atoms with Gasteiger partial charge in [0.15, 0.2) is 0 Å². The topological polar surface area (TPSA) is 135 Å². The molecule has 2 aromatic carbocycles. The molecule has 0 bridgehead atoms. The SMILES string of the molecule is Nc1nc(-c2ccc(CC(N)C(=O)O)cc2)cc(-c2cccc(O)c2)n1. The number of benzene rings is 2. The average Bonchev–Trinajstić information content (AvgIpc) is 2.61. The predicted molar refractivity (Wildman–Crippen MR) is 98.3 cm³/mol. The number of carbonyl (C=O) groups is 1. The molecule has 0 fully saturated rings. The van der Waals surface area contributed by atoms with Crippen LogP contribution in [0.25, 0.3) is 22.5 Å². The predicted octanol–water partition coefficient (Wildman–Crippen LogP) is 2.05. The molecule has 6 N–H and O–H groups in total. The second-order valence-electron chi connectivity index (χ2n) is 5.89. The fraction of sp³-hybridized carbons (Fsp3) is 0.105. The van der Waals surface area contributed by atoms with E-state index in [1.54, 1.807) is 24.3 Å². The minimum Gasteiger partial charge on any atom is -0.508 e. The van der Waals surface area contributed by atoms with Crippen molar-refractivity contribution in [2.75, 3.05) is 5.73 Å². The summed E-state index contributed by atoms with van der Waals surface area (Å²) in [6.45, 7) is 0. The van der Waals surface area contributed by atoms with Gasteiger partial charge in [-0.25, -0.2) is 9.97 Å². The van der Waals surface area contributed by atoms with Gasteiger partial charge >= 0.3 is 5.97 Å². The van der Waals surface area contributed by atoms with Gasteiger partial charge in [0, 0.05) is 11.1 Å². The van der Waals surface area contributed by atoms with Crippen LogP contribution in [0.2, 0.25) is 0 Å². The Kier molecular flexibility index (Phi) is 4.81. The highest BCUT2D eigenvalue weighted by molar-refractivity contribution is 5.74. The number of hydrogen-bond acceptors (Lipinski definition) is 6. The Morgan fingerprint density at radius 3 is 2.27 bits per heavy atom. The van der Waals surface area contributed by atoms with Crippen LogP contribution < -0.4 is 11.5 Å². The highest BCUT2D eigenvalue weighted by Gasteiger charge is 2.12. The Bertz CT molecular complexity index is 942. The van der Waals surface area contributed by atoms with Crippen LogP contribution in [0.1, 0.15) is 5.56 Å². The quantitative estimate of drug-likeness (QED) is 0.553. The second kappa shape index (κ2) is 7.20. The Labute approximate surface area is 150 Å². The number of nitrogens with zero attached hydrogens (tertiary/aromatic N) is 2. The van der Waals surface area contributed by atoms with Crippen LogP contribution in [0, 0.1) is 0 Å². The van der Waals surface area contributed by atoms with Crippen LogP contribution in [-0.2, 0) is 11.2 Å². The summed E-state index contributed by atoms with van der Waals surface area (Å²) >= 11 is 0. The number of carboxylic acids is 1. The fourth-order valence-electron chi connectivity index (χ4n) is 2.58. The molecule has 3 rings (SSSR count). The Hall–Kier alpha value is -3.45. The lowest BCUT2D eigenvalue weighted by molar-refractivity contribution is -0.138. The second-order valence-corrected chi connectivity index (χ2v) is 5.89. The van der Waals surface area contributed by atoms with E-state index in [1.165, 1.54) is 0 Å². The number of anilines is 1. The number of hydrogen-bond donors (Lipinski definition) is 4. The third-order valence-corrected chi connectivity index (χ3v) is 3.91. The third-order valence-electron chi connectivity index (χ3n) is 3.91. The summed E-state index contributed by atoms with van der Waals surface area (Å²) in [4.78, 5) is 19.3. The molecule has 0 aliphatic rings. The van der Waals surface area contributed by atoms with Crippen LogP contribution in [0.3, 0.4) is 0 Å². The first-order valence-electron chi connectivity index (χ1n) is 7.94. The molecule has 0 aliphatic heterocycles. The molecule has 1 heterocycles. The number of aliphatic carboxylic acids is 1. The lowest BCUT2D eigenvalue weighted by Gasteiger charge is -2.09. The molecule has 0 saturated carbocycles. The molecule has 132 valence electrons. The molecular formula is C19H18N4O3. The van der Waals surface area contributed by atoms with Gasteiger partial charge in [0.25, 0.3) is 0 Å². The summed E-state index contributed by atoms with van der Waals surface area (Å²) in [6.07, 6.45) is 0.246. The average molecular weight is 350 g/mol. The molecule has 1 unspecified atom stereocenters. The number of phenols is 1. The van der Waals surface area contributed by atoms with Gasteiger partial charge in [-0.1, -0.05) is 36.4 Å². The zero-order chi connectivity index (χ0) is 18.7. The van der Waals surface area contributed by atoms with E-state index in [4.69, 9.17) is 16.6 Å². The Balaban J connectivity index is 1.91. The first-order valence-corrected chi connectivity index (χ1v) is 7.94. The van der Waals surface area contributed by atoms with E-state index >= 15 is 0 Å². The minimum atomic E-state index is -1.03. The van der Waals surface area contributed by atoms with Crippen molar-refractivity contribution in [3.8, 4) is 28.3 Å². The van der Waals surface area contributed by atoms with Crippen molar-refractivity contribution in [1.29, 1.82) is 0 Å². The van der Waals surface area contributed by atoms with E-state index in [0.29, 0.717) is 11.4 Å². The maximum Gasteiger partial charge on any atom is 0.320 e. The maximum absolute atomic E-state index is 10.9. The zero-order valence-electron chi connectivity index (χ0n) is 13.8. The monoisotopic (exact) mass is 350 g/mol. The molecular weight excluding hydrogens is 332 g/mol. The van der Waals surface area contributed by atoms with Gasteiger partial charge < -0.3 is 21.7 Å². The molecule has 1 atom stereocenters. The summed E-state index contributed by atoms with van der Waals surface area (Å²) in [5, 5.41) is 18.5. The number of aromatic nitrogens is 2. The number of nitrogens with two attached hydrogens (primary N) is 2. The normalized spacial score (nSPS) is 11.9. The van der Waals surface area contributed by atoms with Crippen molar-refractivity contribution >= 4 is 11.9 Å². The van der Waals surface area contributed by atoms with Gasteiger partial charge in [0.2, 0.25) is 5.95 Å². The van der Waals surface area contributed by atoms with Crippen molar-refractivity contribution in [2.45, 2.75) is 12.5 Å². The fourth-order valence-corrected chi connectivity index (χ4v) is 2.58. The van der Waals surface area contributed by atoms with Crippen LogP contribution >= 0.6 is 0 Å². The van der Waals surface area contributed by atoms with Crippen molar-refractivity contribution in [1.82, 2.24) is 9.97 Å². The lowest BCUT2D eigenvalue weighted by Crippen LogP contribution is -2.32. The van der Waals surface area contributed by atoms with Crippen molar-refractivity contribution in [3.05, 3.63) is 60.2 Å². The van der Waals surface area contributed by atoms with E-state index in [9.17, 15) is 9.90 Å². The molecule has 0 radical (unpaired) electrons. The van der Waals surface area contributed by atoms with Crippen LogP contribution in [0.15, 0.2) is 54.6 Å². The van der Waals surface area contributed by atoms with Gasteiger partial charge in [-0.05, 0) is 30.2 Å². The van der Waals surface area contributed by atoms with Gasteiger partial charge in [-0.2, -0.15) is 0 Å². The summed E-state index contributed by atoms with van der Waals surface area (Å²) in [6, 6.07) is 14.9. The van der Waals surface area contributed by atoms with E-state index in [-0.39, 0.29) is 18.1 Å². The first kappa shape index (κ1) is 17.4. The largest absolute Gasteiger partial charge is 0.508 e. The summed E-state index contributed by atoms with van der Waals surface area (Å²) in [7, 11) is 0. The van der Waals surface area contributed by atoms with Crippen LogP contribution in [0.4, 0.5) is 5.95 Å². The molecule has 7 nitrogen and oxygen atoms in total.